The number of amides is 2. The van der Waals surface area contributed by atoms with Gasteiger partial charge in [-0.25, -0.2) is 9.59 Å². The van der Waals surface area contributed by atoms with Crippen LogP contribution in [-0.2, 0) is 12.7 Å². The molecule has 0 radical (unpaired) electrons. The fourth-order valence-electron chi connectivity index (χ4n) is 2.23. The number of hydrogen-bond donors (Lipinski definition) is 4. The van der Waals surface area contributed by atoms with Crippen molar-refractivity contribution in [2.24, 2.45) is 0 Å². The Morgan fingerprint density at radius 2 is 1.83 bits per heavy atom. The number of nitrogens with zero attached hydrogens (tertiary/aromatic N) is 1. The maximum absolute atomic E-state index is 12.7. The lowest BCUT2D eigenvalue weighted by Gasteiger charge is -2.10. The summed E-state index contributed by atoms with van der Waals surface area (Å²) in [7, 11) is 0. The third kappa shape index (κ3) is 4.63. The topological polar surface area (TPSA) is 130 Å². The van der Waals surface area contributed by atoms with Crippen LogP contribution in [0.2, 0.25) is 0 Å². The van der Waals surface area contributed by atoms with Crippen molar-refractivity contribution in [1.29, 1.82) is 0 Å². The van der Waals surface area contributed by atoms with Crippen LogP contribution in [0.3, 0.4) is 0 Å². The molecule has 2 amide bonds. The van der Waals surface area contributed by atoms with Gasteiger partial charge in [-0.2, -0.15) is 17.8 Å². The van der Waals surface area contributed by atoms with Gasteiger partial charge >= 0.3 is 29.3 Å². The van der Waals surface area contributed by atoms with Gasteiger partial charge in [0.25, 0.3) is 0 Å². The van der Waals surface area contributed by atoms with Crippen LogP contribution in [0.1, 0.15) is 20.8 Å². The summed E-state index contributed by atoms with van der Waals surface area (Å²) < 4.78 is 38.7. The van der Waals surface area contributed by atoms with E-state index in [-0.39, 0.29) is 22.8 Å². The van der Waals surface area contributed by atoms with Crippen molar-refractivity contribution < 1.29 is 27.9 Å². The van der Waals surface area contributed by atoms with Crippen LogP contribution in [0.15, 0.2) is 39.9 Å². The number of aromatic carboxylic acids is 1. The number of carbonyl (C=O) groups excluding carboxylic acids is 1. The predicted molar refractivity (Wildman–Crippen MR) is 96.9 cm³/mol. The number of urea groups is 1. The zero-order valence-electron chi connectivity index (χ0n) is 14.2. The number of carboxylic acids is 1. The molecule has 3 aromatic rings. The van der Waals surface area contributed by atoms with Crippen LogP contribution >= 0.6 is 11.3 Å². The Balaban J connectivity index is 1.64. The molecule has 4 N–H and O–H groups in total. The molecule has 0 atom stereocenters. The second-order valence-corrected chi connectivity index (χ2v) is 6.84. The summed E-state index contributed by atoms with van der Waals surface area (Å²) in [6.07, 6.45) is -4.55. The van der Waals surface area contributed by atoms with E-state index in [1.165, 1.54) is 12.1 Å². The molecule has 29 heavy (non-hydrogen) atoms. The third-order valence-electron chi connectivity index (χ3n) is 3.64. The predicted octanol–water partition coefficient (Wildman–Crippen LogP) is 2.06. The molecule has 0 aliphatic carbocycles. The fraction of sp³-hybridized carbons (Fsp3) is 0.125. The second-order valence-electron chi connectivity index (χ2n) is 5.70. The molecular formula is C16H11F3N4O5S. The van der Waals surface area contributed by atoms with E-state index >= 15 is 0 Å². The highest BCUT2D eigenvalue weighted by molar-refractivity contribution is 7.16. The highest BCUT2D eigenvalue weighted by Gasteiger charge is 2.30. The molecule has 13 heteroatoms. The van der Waals surface area contributed by atoms with Crippen LogP contribution in [0.5, 0.6) is 0 Å². The lowest BCUT2D eigenvalue weighted by Crippen LogP contribution is -2.28. The number of alkyl halides is 3. The Morgan fingerprint density at radius 1 is 1.14 bits per heavy atom. The molecule has 0 spiro atoms. The van der Waals surface area contributed by atoms with Crippen molar-refractivity contribution in [2.45, 2.75) is 12.7 Å². The molecule has 0 fully saturated rings. The molecular weight excluding hydrogens is 417 g/mol. The Bertz CT molecular complexity index is 1130. The zero-order valence-corrected chi connectivity index (χ0v) is 15.0. The van der Waals surface area contributed by atoms with Crippen LogP contribution in [0.25, 0.3) is 0 Å². The van der Waals surface area contributed by atoms with E-state index in [0.29, 0.717) is 9.55 Å². The van der Waals surface area contributed by atoms with Crippen LogP contribution in [-0.4, -0.2) is 21.8 Å². The van der Waals surface area contributed by atoms with E-state index < -0.39 is 34.9 Å². The number of thiophene rings is 1. The molecule has 2 heterocycles. The SMILES string of the molecule is O=C(NCc1cc(C(=O)O)c(Nn2c(=O)c2=O)s1)Nc1cccc(C(F)(F)F)c1. The lowest BCUT2D eigenvalue weighted by atomic mass is 10.2. The van der Waals surface area contributed by atoms with E-state index in [9.17, 15) is 37.5 Å². The summed E-state index contributed by atoms with van der Waals surface area (Å²) in [4.78, 5) is 45.6. The molecule has 0 aliphatic rings. The van der Waals surface area contributed by atoms with E-state index in [1.807, 2.05) is 0 Å². The molecule has 1 aromatic carbocycles. The highest BCUT2D eigenvalue weighted by atomic mass is 32.1. The summed E-state index contributed by atoms with van der Waals surface area (Å²) in [5, 5.41) is 13.8. The first-order valence-corrected chi connectivity index (χ1v) is 8.61. The molecule has 0 aliphatic heterocycles. The Morgan fingerprint density at radius 3 is 2.41 bits per heavy atom. The Hall–Kier alpha value is -3.61. The smallest absolute Gasteiger partial charge is 0.416 e. The first-order chi connectivity index (χ1) is 13.6. The normalized spacial score (nSPS) is 11.4. The maximum Gasteiger partial charge on any atom is 0.416 e. The summed E-state index contributed by atoms with van der Waals surface area (Å²) >= 11 is 0.885. The average Bonchev–Trinajstić information content (AvgIpc) is 3.04. The zero-order chi connectivity index (χ0) is 21.3. The maximum atomic E-state index is 12.7. The largest absolute Gasteiger partial charge is 0.478 e. The first kappa shape index (κ1) is 20.1. The van der Waals surface area contributed by atoms with Gasteiger partial charge in [0.2, 0.25) is 0 Å². The monoisotopic (exact) mass is 428 g/mol. The van der Waals surface area contributed by atoms with E-state index in [1.54, 1.807) is 0 Å². The molecule has 0 unspecified atom stereocenters. The Labute approximate surface area is 163 Å². The van der Waals surface area contributed by atoms with Crippen LogP contribution in [0, 0.1) is 0 Å². The number of carboxylic acid groups (broad SMARTS) is 1. The quantitative estimate of drug-likeness (QED) is 0.445. The van der Waals surface area contributed by atoms with Gasteiger partial charge < -0.3 is 15.7 Å². The number of halogens is 3. The van der Waals surface area contributed by atoms with Gasteiger partial charge in [-0.05, 0) is 24.3 Å². The van der Waals surface area contributed by atoms with Crippen molar-refractivity contribution in [1.82, 2.24) is 9.99 Å². The lowest BCUT2D eigenvalue weighted by molar-refractivity contribution is -0.137. The number of benzene rings is 1. The van der Waals surface area contributed by atoms with Gasteiger partial charge in [0.05, 0.1) is 17.7 Å². The highest BCUT2D eigenvalue weighted by Crippen LogP contribution is 2.31. The molecule has 9 nitrogen and oxygen atoms in total. The van der Waals surface area contributed by atoms with Gasteiger partial charge in [0, 0.05) is 10.6 Å². The number of carbonyl (C=O) groups is 2. The van der Waals surface area contributed by atoms with E-state index in [4.69, 9.17) is 0 Å². The van der Waals surface area contributed by atoms with Crippen molar-refractivity contribution in [3.63, 3.8) is 0 Å². The van der Waals surface area contributed by atoms with E-state index in [2.05, 4.69) is 16.1 Å². The van der Waals surface area contributed by atoms with Crippen molar-refractivity contribution in [3.8, 4) is 0 Å². The number of anilines is 2. The van der Waals surface area contributed by atoms with Crippen molar-refractivity contribution >= 4 is 34.0 Å². The van der Waals surface area contributed by atoms with Gasteiger partial charge in [-0.3, -0.25) is 15.0 Å². The number of aromatic nitrogens is 1. The van der Waals surface area contributed by atoms with Crippen molar-refractivity contribution in [2.75, 3.05) is 10.7 Å². The van der Waals surface area contributed by atoms with Gasteiger partial charge in [0.15, 0.2) is 0 Å². The molecule has 2 aromatic heterocycles. The van der Waals surface area contributed by atoms with Crippen LogP contribution in [0.4, 0.5) is 28.7 Å². The van der Waals surface area contributed by atoms with E-state index in [0.717, 1.165) is 29.5 Å². The fourth-order valence-corrected chi connectivity index (χ4v) is 3.20. The van der Waals surface area contributed by atoms with Crippen molar-refractivity contribution in [3.05, 3.63) is 67.0 Å². The molecule has 3 rings (SSSR count). The minimum atomic E-state index is -4.55. The van der Waals surface area contributed by atoms with Gasteiger partial charge in [0.1, 0.15) is 5.00 Å². The molecule has 0 saturated carbocycles. The summed E-state index contributed by atoms with van der Waals surface area (Å²) in [6.45, 7) is -0.140. The molecule has 0 saturated heterocycles. The summed E-state index contributed by atoms with van der Waals surface area (Å²) in [5.41, 5.74) is -0.456. The first-order valence-electron chi connectivity index (χ1n) is 7.79. The minimum Gasteiger partial charge on any atom is -0.478 e. The average molecular weight is 428 g/mol. The van der Waals surface area contributed by atoms with Crippen LogP contribution < -0.4 is 27.2 Å². The second kappa shape index (κ2) is 7.43. The number of rotatable bonds is 6. The van der Waals surface area contributed by atoms with Gasteiger partial charge in [-0.1, -0.05) is 6.07 Å². The summed E-state index contributed by atoms with van der Waals surface area (Å²) in [5.74, 6) is -1.31. The minimum absolute atomic E-state index is 0.0202. The number of nitrogens with one attached hydrogen (secondary N) is 3. The molecule has 0 bridgehead atoms. The number of hydrogen-bond acceptors (Lipinski definition) is 6. The Kier molecular flexibility index (Phi) is 5.16. The standard InChI is InChI=1S/C16H11F3N4O5S/c17-16(18,19)7-2-1-3-8(4-7)21-15(28)20-6-9-5-10(14(26)27)11(29-9)22-23-12(24)13(23)25/h1-5,22H,6H2,(H,26,27)(H2,20,21,28). The van der Waals surface area contributed by atoms with Gasteiger partial charge in [-0.15, -0.1) is 11.3 Å². The molecule has 152 valence electrons. The third-order valence-corrected chi connectivity index (χ3v) is 4.68. The summed E-state index contributed by atoms with van der Waals surface area (Å²) in [6, 6.07) is 4.49.